The summed E-state index contributed by atoms with van der Waals surface area (Å²) in [5, 5.41) is 13.6. The highest BCUT2D eigenvalue weighted by molar-refractivity contribution is 6.09. The Kier molecular flexibility index (Phi) is 7.32. The van der Waals surface area contributed by atoms with Crippen molar-refractivity contribution in [3.63, 3.8) is 0 Å². The number of aromatic hydroxyl groups is 1. The lowest BCUT2D eigenvalue weighted by Gasteiger charge is -2.10. The van der Waals surface area contributed by atoms with Crippen molar-refractivity contribution < 1.29 is 29.0 Å². The number of hydrogen-bond acceptors (Lipinski definition) is 7. The Balaban J connectivity index is 2.84. The van der Waals surface area contributed by atoms with E-state index < -0.39 is 11.9 Å². The molecule has 0 bridgehead atoms. The van der Waals surface area contributed by atoms with Crippen molar-refractivity contribution >= 4 is 17.7 Å². The zero-order valence-corrected chi connectivity index (χ0v) is 13.2. The zero-order chi connectivity index (χ0) is 17.2. The summed E-state index contributed by atoms with van der Waals surface area (Å²) in [6, 6.07) is 4.56. The smallest absolute Gasteiger partial charge is 0.342 e. The maximum Gasteiger partial charge on any atom is 0.342 e. The summed E-state index contributed by atoms with van der Waals surface area (Å²) in [4.78, 5) is 27.9. The van der Waals surface area contributed by atoms with Crippen LogP contribution in [0.2, 0.25) is 0 Å². The molecule has 1 aromatic carbocycles. The van der Waals surface area contributed by atoms with Gasteiger partial charge in [-0.25, -0.2) is 9.59 Å². The largest absolute Gasteiger partial charge is 0.507 e. The van der Waals surface area contributed by atoms with Crippen LogP contribution in [0.3, 0.4) is 0 Å². The summed E-state index contributed by atoms with van der Waals surface area (Å²) >= 11 is 0. The van der Waals surface area contributed by atoms with Crippen molar-refractivity contribution in [1.82, 2.24) is 0 Å². The van der Waals surface area contributed by atoms with Gasteiger partial charge in [0.15, 0.2) is 0 Å². The third kappa shape index (κ3) is 5.46. The summed E-state index contributed by atoms with van der Waals surface area (Å²) in [6.07, 6.45) is 2.52. The number of phenolic OH excluding ortho intramolecular Hbond substituents is 1. The highest BCUT2D eigenvalue weighted by Gasteiger charge is 2.19. The van der Waals surface area contributed by atoms with Gasteiger partial charge >= 0.3 is 11.9 Å². The molecule has 0 spiro atoms. The lowest BCUT2D eigenvalue weighted by molar-refractivity contribution is -0.137. The predicted molar refractivity (Wildman–Crippen MR) is 83.4 cm³/mol. The molecule has 0 radical (unpaired) electrons. The second-order valence-corrected chi connectivity index (χ2v) is 4.31. The van der Waals surface area contributed by atoms with Gasteiger partial charge < -0.3 is 19.4 Å². The maximum atomic E-state index is 12.1. The lowest BCUT2D eigenvalue weighted by Crippen LogP contribution is -2.12. The van der Waals surface area contributed by atoms with E-state index in [9.17, 15) is 14.7 Å². The summed E-state index contributed by atoms with van der Waals surface area (Å²) in [7, 11) is 1.38. The first-order chi connectivity index (χ1) is 11.0. The third-order valence-electron chi connectivity index (χ3n) is 2.72. The quantitative estimate of drug-likeness (QED) is 0.357. The minimum atomic E-state index is -0.739. The number of carbonyl (C=O) groups is 2. The fourth-order valence-electron chi connectivity index (χ4n) is 1.77. The Hall–Kier alpha value is -2.83. The molecule has 1 rings (SSSR count). The Labute approximate surface area is 134 Å². The predicted octanol–water partition coefficient (Wildman–Crippen LogP) is 2.04. The summed E-state index contributed by atoms with van der Waals surface area (Å²) in [6.45, 7) is 3.46. The molecule has 0 aliphatic carbocycles. The average molecular weight is 321 g/mol. The van der Waals surface area contributed by atoms with Crippen LogP contribution in [-0.4, -0.2) is 43.1 Å². The number of esters is 2. The highest BCUT2D eigenvalue weighted by Crippen LogP contribution is 2.23. The van der Waals surface area contributed by atoms with Gasteiger partial charge in [-0.15, -0.1) is 0 Å². The maximum absolute atomic E-state index is 12.1. The van der Waals surface area contributed by atoms with E-state index in [0.717, 1.165) is 0 Å². The van der Waals surface area contributed by atoms with Gasteiger partial charge in [-0.2, -0.15) is 0 Å². The molecule has 1 N–H and O–H groups in total. The number of rotatable bonds is 7. The molecule has 0 fully saturated rings. The van der Waals surface area contributed by atoms with Gasteiger partial charge in [-0.1, -0.05) is 17.3 Å². The molecule has 0 aliphatic rings. The number of phenols is 1. The topological polar surface area (TPSA) is 94.4 Å². The Morgan fingerprint density at radius 1 is 1.30 bits per heavy atom. The van der Waals surface area contributed by atoms with Crippen molar-refractivity contribution in [1.29, 1.82) is 0 Å². The molecule has 0 amide bonds. The van der Waals surface area contributed by atoms with Crippen molar-refractivity contribution in [2.24, 2.45) is 5.16 Å². The molecular formula is C16H19NO6. The van der Waals surface area contributed by atoms with E-state index in [-0.39, 0.29) is 24.5 Å². The summed E-state index contributed by atoms with van der Waals surface area (Å²) in [5.41, 5.74) is 0.791. The van der Waals surface area contributed by atoms with E-state index >= 15 is 0 Å². The number of oxime groups is 1. The average Bonchev–Trinajstić information content (AvgIpc) is 2.51. The van der Waals surface area contributed by atoms with Gasteiger partial charge in [0.1, 0.15) is 25.0 Å². The number of carbonyl (C=O) groups excluding carboxylic acids is 2. The second-order valence-electron chi connectivity index (χ2n) is 4.31. The van der Waals surface area contributed by atoms with Gasteiger partial charge in [0.05, 0.1) is 12.3 Å². The van der Waals surface area contributed by atoms with Crippen LogP contribution < -0.4 is 0 Å². The number of ether oxygens (including phenoxy) is 2. The molecule has 0 aromatic heterocycles. The van der Waals surface area contributed by atoms with Crippen LogP contribution in [0.4, 0.5) is 0 Å². The molecule has 7 nitrogen and oxygen atoms in total. The molecule has 23 heavy (non-hydrogen) atoms. The van der Waals surface area contributed by atoms with Crippen molar-refractivity contribution in [3.8, 4) is 5.75 Å². The lowest BCUT2D eigenvalue weighted by atomic mass is 10.0. The molecule has 7 heteroatoms. The molecule has 0 atom stereocenters. The summed E-state index contributed by atoms with van der Waals surface area (Å²) < 4.78 is 9.71. The number of nitrogens with zero attached hydrogens (tertiary/aromatic N) is 1. The van der Waals surface area contributed by atoms with Crippen LogP contribution in [0, 0.1) is 0 Å². The fourth-order valence-corrected chi connectivity index (χ4v) is 1.77. The fraction of sp³-hybridized carbons (Fsp3) is 0.312. The van der Waals surface area contributed by atoms with E-state index in [1.165, 1.54) is 25.3 Å². The molecule has 0 aliphatic heterocycles. The second kappa shape index (κ2) is 9.24. The molecule has 1 aromatic rings. The van der Waals surface area contributed by atoms with Crippen molar-refractivity contribution in [3.05, 3.63) is 41.5 Å². The van der Waals surface area contributed by atoms with Crippen LogP contribution >= 0.6 is 0 Å². The van der Waals surface area contributed by atoms with Crippen LogP contribution in [0.15, 0.2) is 35.5 Å². The third-order valence-corrected chi connectivity index (χ3v) is 2.72. The molecule has 0 saturated heterocycles. The standard InChI is InChI=1S/C16H19NO6/c1-4-22-14(19)9-6-10-23-16(20)15-12(11(2)17-21-3)7-5-8-13(15)18/h5-9,18H,4,10H2,1-3H3/b9-6+,17-11-. The number of hydrogen-bond donors (Lipinski definition) is 1. The zero-order valence-electron chi connectivity index (χ0n) is 13.2. The first kappa shape index (κ1) is 18.2. The van der Waals surface area contributed by atoms with Crippen LogP contribution in [0.5, 0.6) is 5.75 Å². The minimum absolute atomic E-state index is 0.0182. The van der Waals surface area contributed by atoms with Gasteiger partial charge in [0.2, 0.25) is 0 Å². The van der Waals surface area contributed by atoms with Crippen LogP contribution in [0.1, 0.15) is 29.8 Å². The van der Waals surface area contributed by atoms with Gasteiger partial charge in [-0.3, -0.25) is 0 Å². The van der Waals surface area contributed by atoms with E-state index in [1.54, 1.807) is 26.0 Å². The van der Waals surface area contributed by atoms with E-state index in [1.807, 2.05) is 0 Å². The molecule has 124 valence electrons. The Morgan fingerprint density at radius 2 is 2.04 bits per heavy atom. The molecular weight excluding hydrogens is 302 g/mol. The van der Waals surface area contributed by atoms with E-state index in [4.69, 9.17) is 9.47 Å². The first-order valence-corrected chi connectivity index (χ1v) is 6.91. The van der Waals surface area contributed by atoms with Crippen LogP contribution in [0.25, 0.3) is 0 Å². The van der Waals surface area contributed by atoms with E-state index in [2.05, 4.69) is 9.99 Å². The SMILES string of the molecule is CCOC(=O)/C=C/COC(=O)c1c(O)cccc1/C(C)=N\OC. The first-order valence-electron chi connectivity index (χ1n) is 6.91. The normalized spacial score (nSPS) is 11.3. The highest BCUT2D eigenvalue weighted by atomic mass is 16.6. The summed E-state index contributed by atoms with van der Waals surface area (Å²) in [5.74, 6) is -1.49. The van der Waals surface area contributed by atoms with Crippen molar-refractivity contribution in [2.75, 3.05) is 20.3 Å². The number of benzene rings is 1. The van der Waals surface area contributed by atoms with Crippen LogP contribution in [-0.2, 0) is 19.1 Å². The molecule has 0 unspecified atom stereocenters. The van der Waals surface area contributed by atoms with Gasteiger partial charge in [0.25, 0.3) is 0 Å². The minimum Gasteiger partial charge on any atom is -0.507 e. The molecule has 0 saturated carbocycles. The van der Waals surface area contributed by atoms with Crippen molar-refractivity contribution in [2.45, 2.75) is 13.8 Å². The van der Waals surface area contributed by atoms with Gasteiger partial charge in [0, 0.05) is 11.6 Å². The van der Waals surface area contributed by atoms with E-state index in [0.29, 0.717) is 11.3 Å². The molecule has 0 heterocycles. The Morgan fingerprint density at radius 3 is 2.70 bits per heavy atom. The van der Waals surface area contributed by atoms with Gasteiger partial charge in [-0.05, 0) is 26.0 Å². The monoisotopic (exact) mass is 321 g/mol. The Bertz CT molecular complexity index is 621.